The van der Waals surface area contributed by atoms with E-state index in [9.17, 15) is 0 Å². The van der Waals surface area contributed by atoms with Crippen molar-refractivity contribution in [3.8, 4) is 0 Å². The maximum Gasteiger partial charge on any atom is 0.159 e. The predicted molar refractivity (Wildman–Crippen MR) is 173 cm³/mol. The molecule has 0 aromatic heterocycles. The van der Waals surface area contributed by atoms with Gasteiger partial charge in [-0.3, -0.25) is 9.80 Å². The number of benzene rings is 3. The Hall–Kier alpha value is -2.20. The lowest BCUT2D eigenvalue weighted by Gasteiger charge is -2.27. The number of thioether (sulfide) groups is 2. The molecule has 3 aromatic rings. The first-order valence-electron chi connectivity index (χ1n) is 13.4. The van der Waals surface area contributed by atoms with Crippen molar-refractivity contribution in [3.63, 3.8) is 0 Å². The highest BCUT2D eigenvalue weighted by Crippen LogP contribution is 2.23. The molecule has 0 saturated heterocycles. The van der Waals surface area contributed by atoms with Gasteiger partial charge >= 0.3 is 0 Å². The molecule has 0 atom stereocenters. The zero-order valence-electron chi connectivity index (χ0n) is 22.4. The van der Waals surface area contributed by atoms with Crippen LogP contribution in [0.15, 0.2) is 82.8 Å². The zero-order valence-corrected chi connectivity index (χ0v) is 25.5. The molecule has 6 nitrogen and oxygen atoms in total. The fourth-order valence-corrected chi connectivity index (χ4v) is 6.43. The van der Waals surface area contributed by atoms with Crippen molar-refractivity contribution >= 4 is 57.1 Å². The summed E-state index contributed by atoms with van der Waals surface area (Å²) >= 11 is 15.5. The summed E-state index contributed by atoms with van der Waals surface area (Å²) in [6.45, 7) is 5.02. The van der Waals surface area contributed by atoms with Gasteiger partial charge in [-0.25, -0.2) is 9.98 Å². The summed E-state index contributed by atoms with van der Waals surface area (Å²) in [7, 11) is 0. The minimum Gasteiger partial charge on any atom is -0.352 e. The monoisotopic (exact) mass is 612 g/mol. The number of nitrogens with zero attached hydrogens (tertiary/aromatic N) is 4. The number of nitrogens with one attached hydrogen (secondary N) is 2. The molecule has 0 saturated carbocycles. The van der Waals surface area contributed by atoms with Gasteiger partial charge in [0.25, 0.3) is 0 Å². The molecule has 5 rings (SSSR count). The van der Waals surface area contributed by atoms with Crippen molar-refractivity contribution in [2.45, 2.75) is 24.3 Å². The van der Waals surface area contributed by atoms with E-state index >= 15 is 0 Å². The summed E-state index contributed by atoms with van der Waals surface area (Å²) in [6, 6.07) is 24.9. The number of hydrogen-bond acceptors (Lipinski definition) is 8. The second-order valence-electron chi connectivity index (χ2n) is 9.77. The zero-order chi connectivity index (χ0) is 27.6. The van der Waals surface area contributed by atoms with Crippen LogP contribution in [0.25, 0.3) is 0 Å². The normalized spacial score (nSPS) is 16.1. The molecule has 2 heterocycles. The van der Waals surface area contributed by atoms with E-state index in [0.29, 0.717) is 0 Å². The first-order chi connectivity index (χ1) is 19.6. The van der Waals surface area contributed by atoms with Gasteiger partial charge in [0.15, 0.2) is 10.3 Å². The van der Waals surface area contributed by atoms with Gasteiger partial charge in [0.2, 0.25) is 0 Å². The molecule has 2 N–H and O–H groups in total. The average molecular weight is 614 g/mol. The summed E-state index contributed by atoms with van der Waals surface area (Å²) in [5.41, 5.74) is 5.28. The minimum atomic E-state index is 0.725. The van der Waals surface area contributed by atoms with Crippen LogP contribution >= 0.6 is 46.7 Å². The van der Waals surface area contributed by atoms with Crippen LogP contribution < -0.4 is 10.6 Å². The highest BCUT2D eigenvalue weighted by atomic mass is 35.5. The molecule has 0 spiro atoms. The third-order valence-electron chi connectivity index (χ3n) is 6.84. The van der Waals surface area contributed by atoms with Crippen molar-refractivity contribution in [1.29, 1.82) is 0 Å². The number of amidine groups is 2. The van der Waals surface area contributed by atoms with Crippen LogP contribution in [0.1, 0.15) is 22.3 Å². The lowest BCUT2D eigenvalue weighted by atomic mass is 10.1. The van der Waals surface area contributed by atoms with Crippen LogP contribution in [0.5, 0.6) is 0 Å². The molecule has 2 aliphatic heterocycles. The quantitative estimate of drug-likeness (QED) is 0.280. The van der Waals surface area contributed by atoms with E-state index < -0.39 is 0 Å². The van der Waals surface area contributed by atoms with Crippen molar-refractivity contribution in [2.75, 3.05) is 39.8 Å². The second kappa shape index (κ2) is 15.1. The van der Waals surface area contributed by atoms with E-state index in [4.69, 9.17) is 33.2 Å². The van der Waals surface area contributed by atoms with Crippen LogP contribution in [0.3, 0.4) is 0 Å². The summed E-state index contributed by atoms with van der Waals surface area (Å²) in [6.07, 6.45) is 1.98. The standard InChI is InChI=1S/C30H34Cl2N6S2/c31-27-9-5-23(6-10-27)13-15-37-19-33-29(34-20-37)39-17-25-3-1-2-4-26(25)18-40-30-35-21-38(22-36-30)16-14-24-7-11-28(32)12-8-24/h1-12H,13-22H2,(H,33,34)(H,35,36). The molecule has 2 aliphatic rings. The summed E-state index contributed by atoms with van der Waals surface area (Å²) < 4.78 is 0. The van der Waals surface area contributed by atoms with Crippen LogP contribution in [-0.4, -0.2) is 59.9 Å². The van der Waals surface area contributed by atoms with Crippen molar-refractivity contribution < 1.29 is 0 Å². The Morgan fingerprint density at radius 2 is 1.05 bits per heavy atom. The number of hydrogen-bond donors (Lipinski definition) is 2. The lowest BCUT2D eigenvalue weighted by molar-refractivity contribution is 0.270. The highest BCUT2D eigenvalue weighted by Gasteiger charge is 2.15. The Bertz CT molecular complexity index is 1200. The topological polar surface area (TPSA) is 55.3 Å². The smallest absolute Gasteiger partial charge is 0.159 e. The van der Waals surface area contributed by atoms with Gasteiger partial charge in [-0.1, -0.05) is 95.3 Å². The molecular weight excluding hydrogens is 579 g/mol. The highest BCUT2D eigenvalue weighted by molar-refractivity contribution is 8.13. The molecule has 0 radical (unpaired) electrons. The van der Waals surface area contributed by atoms with Gasteiger partial charge < -0.3 is 10.6 Å². The van der Waals surface area contributed by atoms with Gasteiger partial charge in [0, 0.05) is 34.6 Å². The number of rotatable bonds is 10. The molecule has 40 heavy (non-hydrogen) atoms. The fourth-order valence-electron chi connectivity index (χ4n) is 4.40. The van der Waals surface area contributed by atoms with E-state index in [1.165, 1.54) is 22.3 Å². The molecule has 3 aromatic carbocycles. The molecule has 0 amide bonds. The van der Waals surface area contributed by atoms with E-state index in [0.717, 1.165) is 84.5 Å². The van der Waals surface area contributed by atoms with Crippen molar-refractivity contribution in [1.82, 2.24) is 20.4 Å². The van der Waals surface area contributed by atoms with E-state index in [1.54, 1.807) is 23.5 Å². The van der Waals surface area contributed by atoms with E-state index in [1.807, 2.05) is 24.3 Å². The molecular formula is C30H34Cl2N6S2. The minimum absolute atomic E-state index is 0.725. The lowest BCUT2D eigenvalue weighted by Crippen LogP contribution is -2.42. The van der Waals surface area contributed by atoms with Crippen molar-refractivity contribution in [3.05, 3.63) is 105 Å². The first kappa shape index (κ1) is 29.3. The summed E-state index contributed by atoms with van der Waals surface area (Å²) in [5.74, 6) is 1.79. The van der Waals surface area contributed by atoms with Crippen LogP contribution in [0, 0.1) is 0 Å². The van der Waals surface area contributed by atoms with Gasteiger partial charge in [-0.05, 0) is 59.4 Å². The number of aliphatic imine (C=N–C) groups is 2. The molecule has 0 fully saturated rings. The Morgan fingerprint density at radius 3 is 1.43 bits per heavy atom. The molecule has 0 bridgehead atoms. The van der Waals surface area contributed by atoms with Gasteiger partial charge in [-0.15, -0.1) is 0 Å². The maximum absolute atomic E-state index is 5.99. The Labute approximate surface area is 255 Å². The predicted octanol–water partition coefficient (Wildman–Crippen LogP) is 6.30. The van der Waals surface area contributed by atoms with Crippen LogP contribution in [-0.2, 0) is 24.3 Å². The molecule has 10 heteroatoms. The maximum atomic E-state index is 5.99. The average Bonchev–Trinajstić information content (AvgIpc) is 3.00. The Balaban J connectivity index is 1.03. The molecule has 0 aliphatic carbocycles. The second-order valence-corrected chi connectivity index (χ2v) is 12.6. The van der Waals surface area contributed by atoms with Crippen LogP contribution in [0.4, 0.5) is 0 Å². The SMILES string of the molecule is Clc1ccc(CCN2CN=C(SCc3ccccc3CSC3=NCN(CCc4ccc(Cl)cc4)CN3)NC2)cc1. The van der Waals surface area contributed by atoms with Gasteiger partial charge in [-0.2, -0.15) is 0 Å². The Morgan fingerprint density at radius 1 is 0.625 bits per heavy atom. The Kier molecular flexibility index (Phi) is 11.1. The third-order valence-corrected chi connectivity index (χ3v) is 9.35. The van der Waals surface area contributed by atoms with E-state index in [2.05, 4.69) is 69.0 Å². The summed E-state index contributed by atoms with van der Waals surface area (Å²) in [4.78, 5) is 14.2. The summed E-state index contributed by atoms with van der Waals surface area (Å²) in [5, 5.41) is 10.6. The first-order valence-corrected chi connectivity index (χ1v) is 16.2. The molecule has 0 unspecified atom stereocenters. The largest absolute Gasteiger partial charge is 0.352 e. The van der Waals surface area contributed by atoms with Gasteiger partial charge in [0.1, 0.15) is 0 Å². The van der Waals surface area contributed by atoms with Gasteiger partial charge in [0.05, 0.1) is 26.7 Å². The van der Waals surface area contributed by atoms with Crippen LogP contribution in [0.2, 0.25) is 10.0 Å². The third kappa shape index (κ3) is 9.16. The fraction of sp³-hybridized carbons (Fsp3) is 0.333. The number of halogens is 2. The van der Waals surface area contributed by atoms with E-state index in [-0.39, 0.29) is 0 Å². The molecule has 210 valence electrons. The van der Waals surface area contributed by atoms with Crippen molar-refractivity contribution in [2.24, 2.45) is 9.98 Å².